The van der Waals surface area contributed by atoms with E-state index in [1.165, 1.54) is 5.56 Å². The predicted molar refractivity (Wildman–Crippen MR) is 91.3 cm³/mol. The Kier molecular flexibility index (Phi) is 3.84. The molecule has 0 fully saturated rings. The molecular weight excluding hydrogens is 272 g/mol. The number of aromatic hydroxyl groups is 1. The third-order valence-electron chi connectivity index (χ3n) is 3.64. The number of hydrogen-bond donors (Lipinski definition) is 1. The minimum absolute atomic E-state index is 0.279. The quantitative estimate of drug-likeness (QED) is 0.457. The summed E-state index contributed by atoms with van der Waals surface area (Å²) in [5.41, 5.74) is 3.79. The number of para-hydroxylation sites is 1. The maximum absolute atomic E-state index is 9.58. The molecule has 0 saturated heterocycles. The molecule has 2 heteroatoms. The summed E-state index contributed by atoms with van der Waals surface area (Å²) >= 11 is 0. The third-order valence-corrected chi connectivity index (χ3v) is 3.64. The van der Waals surface area contributed by atoms with E-state index < -0.39 is 0 Å². The van der Waals surface area contributed by atoms with Gasteiger partial charge in [-0.15, -0.1) is 0 Å². The van der Waals surface area contributed by atoms with Crippen LogP contribution in [0.3, 0.4) is 0 Å². The van der Waals surface area contributed by atoms with Gasteiger partial charge in [-0.2, -0.15) is 0 Å². The van der Waals surface area contributed by atoms with Crippen molar-refractivity contribution in [2.45, 2.75) is 13.8 Å². The van der Waals surface area contributed by atoms with Crippen molar-refractivity contribution in [2.24, 2.45) is 0 Å². The Morgan fingerprint density at radius 1 is 0.727 bits per heavy atom. The van der Waals surface area contributed by atoms with Gasteiger partial charge in [0, 0.05) is 16.8 Å². The molecule has 110 valence electrons. The van der Waals surface area contributed by atoms with E-state index in [9.17, 15) is 5.11 Å². The number of hydrogen-bond acceptors (Lipinski definition) is 2. The van der Waals surface area contributed by atoms with Gasteiger partial charge in [-0.05, 0) is 31.5 Å². The Morgan fingerprint density at radius 2 is 1.41 bits per heavy atom. The highest BCUT2D eigenvalue weighted by molar-refractivity contribution is 6.05. The maximum Gasteiger partial charge on any atom is 0.139 e. The first-order valence-corrected chi connectivity index (χ1v) is 7.27. The fraction of sp³-hybridized carbons (Fsp3) is 0.100. The molecule has 0 aliphatic rings. The maximum atomic E-state index is 9.58. The van der Waals surface area contributed by atoms with Gasteiger partial charge in [-0.25, -0.2) is 0 Å². The number of fused-ring (bicyclic) bond motifs is 3. The van der Waals surface area contributed by atoms with Crippen molar-refractivity contribution in [2.75, 3.05) is 0 Å². The number of aryl methyl sites for hydroxylation is 2. The smallest absolute Gasteiger partial charge is 0.139 e. The summed E-state index contributed by atoms with van der Waals surface area (Å²) in [7, 11) is 0. The molecule has 1 aromatic heterocycles. The second-order valence-corrected chi connectivity index (χ2v) is 5.39. The van der Waals surface area contributed by atoms with Crippen molar-refractivity contribution in [1.29, 1.82) is 0 Å². The van der Waals surface area contributed by atoms with Crippen LogP contribution < -0.4 is 0 Å². The average molecular weight is 290 g/mol. The second-order valence-electron chi connectivity index (χ2n) is 5.39. The number of phenols is 1. The summed E-state index contributed by atoms with van der Waals surface area (Å²) in [6, 6.07) is 21.8. The van der Waals surface area contributed by atoms with Gasteiger partial charge in [0.25, 0.3) is 0 Å². The molecule has 0 atom stereocenters. The first-order chi connectivity index (χ1) is 10.6. The molecule has 0 aliphatic carbocycles. The molecule has 1 N–H and O–H groups in total. The van der Waals surface area contributed by atoms with Crippen LogP contribution in [0.25, 0.3) is 21.9 Å². The van der Waals surface area contributed by atoms with Crippen LogP contribution in [0.2, 0.25) is 0 Å². The topological polar surface area (TPSA) is 33.4 Å². The molecule has 0 amide bonds. The Bertz CT molecular complexity index is 905. The minimum Gasteiger partial charge on any atom is -0.508 e. The van der Waals surface area contributed by atoms with Gasteiger partial charge in [0.2, 0.25) is 0 Å². The molecule has 0 saturated carbocycles. The minimum atomic E-state index is 0.279. The molecule has 0 spiro atoms. The summed E-state index contributed by atoms with van der Waals surface area (Å²) in [6.07, 6.45) is 0. The van der Waals surface area contributed by atoms with Gasteiger partial charge in [-0.3, -0.25) is 0 Å². The van der Waals surface area contributed by atoms with Gasteiger partial charge >= 0.3 is 0 Å². The zero-order valence-electron chi connectivity index (χ0n) is 12.7. The van der Waals surface area contributed by atoms with Crippen molar-refractivity contribution < 1.29 is 9.52 Å². The first-order valence-electron chi connectivity index (χ1n) is 7.27. The number of phenolic OH excluding ortho intramolecular Hbond substituents is 1. The lowest BCUT2D eigenvalue weighted by molar-refractivity contribution is 0.470. The summed E-state index contributed by atoms with van der Waals surface area (Å²) in [5, 5.41) is 11.7. The van der Waals surface area contributed by atoms with Gasteiger partial charge in [0.05, 0.1) is 0 Å². The van der Waals surface area contributed by atoms with Crippen molar-refractivity contribution in [3.8, 4) is 5.75 Å². The number of benzene rings is 3. The number of furan rings is 1. The lowest BCUT2D eigenvalue weighted by atomic mass is 10.1. The lowest BCUT2D eigenvalue weighted by Gasteiger charge is -1.96. The highest BCUT2D eigenvalue weighted by Gasteiger charge is 2.08. The predicted octanol–water partition coefficient (Wildman–Crippen LogP) is 5.60. The Morgan fingerprint density at radius 3 is 2.09 bits per heavy atom. The molecule has 22 heavy (non-hydrogen) atoms. The highest BCUT2D eigenvalue weighted by atomic mass is 16.3. The largest absolute Gasteiger partial charge is 0.508 e. The van der Waals surface area contributed by atoms with Crippen molar-refractivity contribution in [3.05, 3.63) is 77.9 Å². The standard InChI is InChI=1S/C13H10O2.C7H8/c1-8-6-10-9-4-2-3-5-12(9)15-13(10)7-11(8)14;1-7-5-3-2-4-6-7/h2-7,14H,1H3;2-6H,1H3. The Balaban J connectivity index is 0.000000174. The van der Waals surface area contributed by atoms with E-state index in [0.717, 1.165) is 27.5 Å². The van der Waals surface area contributed by atoms with Crippen molar-refractivity contribution >= 4 is 21.9 Å². The van der Waals surface area contributed by atoms with Crippen LogP contribution in [-0.4, -0.2) is 5.11 Å². The van der Waals surface area contributed by atoms with Gasteiger partial charge in [0.15, 0.2) is 0 Å². The van der Waals surface area contributed by atoms with Crippen LogP contribution >= 0.6 is 0 Å². The summed E-state index contributed by atoms with van der Waals surface area (Å²) < 4.78 is 5.63. The van der Waals surface area contributed by atoms with Crippen LogP contribution in [0.15, 0.2) is 71.1 Å². The van der Waals surface area contributed by atoms with E-state index in [-0.39, 0.29) is 5.75 Å². The van der Waals surface area contributed by atoms with Gasteiger partial charge in [0.1, 0.15) is 16.9 Å². The molecule has 0 aliphatic heterocycles. The van der Waals surface area contributed by atoms with Crippen LogP contribution in [0, 0.1) is 13.8 Å². The van der Waals surface area contributed by atoms with Gasteiger partial charge in [-0.1, -0.05) is 54.1 Å². The summed E-state index contributed by atoms with van der Waals surface area (Å²) in [6.45, 7) is 3.97. The summed E-state index contributed by atoms with van der Waals surface area (Å²) in [5.74, 6) is 0.279. The summed E-state index contributed by atoms with van der Waals surface area (Å²) in [4.78, 5) is 0. The molecule has 0 bridgehead atoms. The van der Waals surface area contributed by atoms with E-state index in [2.05, 4.69) is 19.1 Å². The molecule has 4 rings (SSSR count). The molecule has 2 nitrogen and oxygen atoms in total. The zero-order chi connectivity index (χ0) is 15.5. The molecule has 3 aromatic carbocycles. The molecule has 0 unspecified atom stereocenters. The molecule has 0 radical (unpaired) electrons. The molecular formula is C20H18O2. The lowest BCUT2D eigenvalue weighted by Crippen LogP contribution is -1.73. The van der Waals surface area contributed by atoms with E-state index in [1.54, 1.807) is 6.07 Å². The second kappa shape index (κ2) is 5.94. The Hall–Kier alpha value is -2.74. The monoisotopic (exact) mass is 290 g/mol. The van der Waals surface area contributed by atoms with Crippen LogP contribution in [0.1, 0.15) is 11.1 Å². The molecule has 4 aromatic rings. The van der Waals surface area contributed by atoms with E-state index in [4.69, 9.17) is 4.42 Å². The first kappa shape index (κ1) is 14.2. The fourth-order valence-corrected chi connectivity index (χ4v) is 2.40. The van der Waals surface area contributed by atoms with Crippen LogP contribution in [0.5, 0.6) is 5.75 Å². The number of rotatable bonds is 0. The average Bonchev–Trinajstić information content (AvgIpc) is 2.87. The van der Waals surface area contributed by atoms with E-state index in [1.807, 2.05) is 55.5 Å². The van der Waals surface area contributed by atoms with E-state index in [0.29, 0.717) is 0 Å². The fourth-order valence-electron chi connectivity index (χ4n) is 2.40. The van der Waals surface area contributed by atoms with E-state index >= 15 is 0 Å². The van der Waals surface area contributed by atoms with Crippen molar-refractivity contribution in [3.63, 3.8) is 0 Å². The van der Waals surface area contributed by atoms with Crippen LogP contribution in [0.4, 0.5) is 0 Å². The SMILES string of the molecule is Cc1cc2c(cc1O)oc1ccccc12.Cc1ccccc1. The van der Waals surface area contributed by atoms with Crippen molar-refractivity contribution in [1.82, 2.24) is 0 Å². The normalized spacial score (nSPS) is 10.5. The molecule has 1 heterocycles. The zero-order valence-corrected chi connectivity index (χ0v) is 12.7. The van der Waals surface area contributed by atoms with Crippen LogP contribution in [-0.2, 0) is 0 Å². The Labute approximate surface area is 129 Å². The van der Waals surface area contributed by atoms with Gasteiger partial charge < -0.3 is 9.52 Å². The third kappa shape index (κ3) is 2.82. The highest BCUT2D eigenvalue weighted by Crippen LogP contribution is 2.32.